The van der Waals surface area contributed by atoms with Crippen molar-refractivity contribution >= 4 is 17.8 Å². The number of hydrogen-bond acceptors (Lipinski definition) is 2. The molecule has 1 saturated heterocycles. The fourth-order valence-corrected chi connectivity index (χ4v) is 5.48. The summed E-state index contributed by atoms with van der Waals surface area (Å²) in [4.78, 5) is 27.9. The Bertz CT molecular complexity index is 1220. The number of likely N-dealkylation sites (tertiary alicyclic amines) is 1. The third-order valence-corrected chi connectivity index (χ3v) is 7.37. The molecule has 1 fully saturated rings. The Hall–Kier alpha value is -3.46. The van der Waals surface area contributed by atoms with Crippen molar-refractivity contribution in [2.75, 3.05) is 13.1 Å². The molecule has 2 aromatic rings. The third kappa shape index (κ3) is 3.82. The summed E-state index contributed by atoms with van der Waals surface area (Å²) in [6.45, 7) is 9.80. The molecule has 3 nitrogen and oxygen atoms in total. The normalized spacial score (nSPS) is 19.2. The number of carbonyl (C=O) groups excluding carboxylic acids is 2. The molecule has 1 heterocycles. The molecule has 0 N–H and O–H groups in total. The standard InChI is InChI=1S/C30H29NO2/c1-19-8-9-20(2)28(19)23-10-12-24(13-11-23)30(33)31-16-14-22(15-17-31)27-18-25-6-4-5-7-26(25)29(32)21(27)3/h4-13,18,22,28H,3,14-17H2,1-2H3. The molecule has 0 bridgehead atoms. The van der Waals surface area contributed by atoms with Gasteiger partial charge in [0.2, 0.25) is 0 Å². The quantitative estimate of drug-likeness (QED) is 0.526. The molecule has 33 heavy (non-hydrogen) atoms. The van der Waals surface area contributed by atoms with Crippen molar-refractivity contribution in [3.05, 3.63) is 112 Å². The number of benzene rings is 2. The maximum absolute atomic E-state index is 13.1. The number of hydrogen-bond donors (Lipinski definition) is 0. The molecule has 5 rings (SSSR count). The zero-order chi connectivity index (χ0) is 23.1. The summed E-state index contributed by atoms with van der Waals surface area (Å²) in [5, 5.41) is 0. The Morgan fingerprint density at radius 2 is 1.58 bits per heavy atom. The van der Waals surface area contributed by atoms with E-state index in [4.69, 9.17) is 0 Å². The van der Waals surface area contributed by atoms with Crippen molar-refractivity contribution in [3.8, 4) is 0 Å². The zero-order valence-corrected chi connectivity index (χ0v) is 19.3. The van der Waals surface area contributed by atoms with Gasteiger partial charge in [-0.2, -0.15) is 0 Å². The van der Waals surface area contributed by atoms with Crippen LogP contribution in [0.1, 0.15) is 64.4 Å². The average Bonchev–Trinajstić information content (AvgIpc) is 3.19. The lowest BCUT2D eigenvalue weighted by Crippen LogP contribution is -2.39. The molecule has 0 spiro atoms. The van der Waals surface area contributed by atoms with Crippen molar-refractivity contribution in [2.24, 2.45) is 5.92 Å². The Morgan fingerprint density at radius 1 is 0.939 bits per heavy atom. The van der Waals surface area contributed by atoms with Crippen LogP contribution in [-0.4, -0.2) is 29.7 Å². The molecule has 2 aliphatic carbocycles. The van der Waals surface area contributed by atoms with E-state index in [1.807, 2.05) is 41.3 Å². The molecule has 3 heteroatoms. The molecular weight excluding hydrogens is 406 g/mol. The van der Waals surface area contributed by atoms with Gasteiger partial charge in [-0.05, 0) is 61.4 Å². The molecule has 0 aromatic heterocycles. The van der Waals surface area contributed by atoms with E-state index in [2.05, 4.69) is 50.8 Å². The SMILES string of the molecule is C=C1C(=O)c2ccccc2C=C1C1CCN(C(=O)c2ccc(C3C(C)=CC=C3C)cc2)CC1. The summed E-state index contributed by atoms with van der Waals surface area (Å²) >= 11 is 0. The molecule has 0 saturated carbocycles. The van der Waals surface area contributed by atoms with E-state index in [0.29, 0.717) is 24.6 Å². The van der Waals surface area contributed by atoms with E-state index in [1.54, 1.807) is 0 Å². The first-order valence-electron chi connectivity index (χ1n) is 11.7. The van der Waals surface area contributed by atoms with Gasteiger partial charge in [-0.15, -0.1) is 0 Å². The first-order chi connectivity index (χ1) is 15.9. The summed E-state index contributed by atoms with van der Waals surface area (Å²) in [5.41, 5.74) is 8.01. The largest absolute Gasteiger partial charge is 0.339 e. The van der Waals surface area contributed by atoms with Crippen molar-refractivity contribution in [3.63, 3.8) is 0 Å². The molecule has 166 valence electrons. The van der Waals surface area contributed by atoms with Gasteiger partial charge < -0.3 is 4.90 Å². The van der Waals surface area contributed by atoms with Crippen LogP contribution in [0.3, 0.4) is 0 Å². The van der Waals surface area contributed by atoms with Gasteiger partial charge in [0, 0.05) is 35.7 Å². The van der Waals surface area contributed by atoms with Crippen LogP contribution in [-0.2, 0) is 0 Å². The van der Waals surface area contributed by atoms with E-state index in [1.165, 1.54) is 16.7 Å². The highest BCUT2D eigenvalue weighted by molar-refractivity contribution is 6.16. The van der Waals surface area contributed by atoms with Crippen molar-refractivity contribution in [1.82, 2.24) is 4.90 Å². The van der Waals surface area contributed by atoms with Gasteiger partial charge >= 0.3 is 0 Å². The lowest BCUT2D eigenvalue weighted by atomic mass is 9.78. The topological polar surface area (TPSA) is 37.4 Å². The van der Waals surface area contributed by atoms with Crippen molar-refractivity contribution in [2.45, 2.75) is 32.6 Å². The van der Waals surface area contributed by atoms with Crippen molar-refractivity contribution < 1.29 is 9.59 Å². The number of rotatable bonds is 3. The molecule has 0 unspecified atom stereocenters. The summed E-state index contributed by atoms with van der Waals surface area (Å²) in [6, 6.07) is 15.8. The maximum atomic E-state index is 13.1. The molecule has 2 aromatic carbocycles. The van der Waals surface area contributed by atoms with Gasteiger partial charge in [0.1, 0.15) is 0 Å². The maximum Gasteiger partial charge on any atom is 0.253 e. The lowest BCUT2D eigenvalue weighted by Gasteiger charge is -2.34. The fourth-order valence-electron chi connectivity index (χ4n) is 5.48. The Morgan fingerprint density at radius 3 is 2.24 bits per heavy atom. The van der Waals surface area contributed by atoms with Crippen LogP contribution in [0.4, 0.5) is 0 Å². The zero-order valence-electron chi connectivity index (χ0n) is 19.3. The predicted octanol–water partition coefficient (Wildman–Crippen LogP) is 6.36. The fraction of sp³-hybridized carbons (Fsp3) is 0.267. The minimum Gasteiger partial charge on any atom is -0.339 e. The van der Waals surface area contributed by atoms with Gasteiger partial charge in [0.25, 0.3) is 5.91 Å². The van der Waals surface area contributed by atoms with E-state index in [-0.39, 0.29) is 17.6 Å². The van der Waals surface area contributed by atoms with Crippen LogP contribution in [0.15, 0.2) is 89.6 Å². The van der Waals surface area contributed by atoms with Crippen LogP contribution in [0, 0.1) is 5.92 Å². The number of fused-ring (bicyclic) bond motifs is 1. The number of piperidine rings is 1. The van der Waals surface area contributed by atoms with Gasteiger partial charge in [0.05, 0.1) is 0 Å². The Kier molecular flexibility index (Phi) is 5.49. The molecule has 0 atom stereocenters. The van der Waals surface area contributed by atoms with Gasteiger partial charge in [-0.25, -0.2) is 0 Å². The second kappa shape index (κ2) is 8.47. The number of carbonyl (C=O) groups is 2. The number of ketones is 1. The Balaban J connectivity index is 1.26. The van der Waals surface area contributed by atoms with Crippen LogP contribution in [0.5, 0.6) is 0 Å². The van der Waals surface area contributed by atoms with E-state index >= 15 is 0 Å². The number of amides is 1. The lowest BCUT2D eigenvalue weighted by molar-refractivity contribution is 0.0701. The number of Topliss-reactive ketones (excluding diaryl/α,β-unsaturated/α-hetero) is 1. The minimum atomic E-state index is 0.0270. The van der Waals surface area contributed by atoms with Gasteiger partial charge in [0.15, 0.2) is 5.78 Å². The molecule has 1 aliphatic heterocycles. The average molecular weight is 436 g/mol. The van der Waals surface area contributed by atoms with Crippen LogP contribution in [0.25, 0.3) is 6.08 Å². The number of allylic oxidation sites excluding steroid dienone is 6. The highest BCUT2D eigenvalue weighted by Crippen LogP contribution is 2.37. The second-order valence-corrected chi connectivity index (χ2v) is 9.44. The predicted molar refractivity (Wildman–Crippen MR) is 133 cm³/mol. The van der Waals surface area contributed by atoms with Crippen LogP contribution < -0.4 is 0 Å². The summed E-state index contributed by atoms with van der Waals surface area (Å²) in [6.07, 6.45) is 8.16. The van der Waals surface area contributed by atoms with Crippen LogP contribution >= 0.6 is 0 Å². The van der Waals surface area contributed by atoms with Crippen molar-refractivity contribution in [1.29, 1.82) is 0 Å². The van der Waals surface area contributed by atoms with Gasteiger partial charge in [-0.3, -0.25) is 9.59 Å². The molecule has 1 amide bonds. The summed E-state index contributed by atoms with van der Waals surface area (Å²) in [7, 11) is 0. The third-order valence-electron chi connectivity index (χ3n) is 7.37. The first kappa shape index (κ1) is 21.4. The van der Waals surface area contributed by atoms with Gasteiger partial charge in [-0.1, -0.05) is 72.4 Å². The first-order valence-corrected chi connectivity index (χ1v) is 11.7. The van der Waals surface area contributed by atoms with E-state index < -0.39 is 0 Å². The number of nitrogens with zero attached hydrogens (tertiary/aromatic N) is 1. The Labute approximate surface area is 195 Å². The second-order valence-electron chi connectivity index (χ2n) is 9.44. The highest BCUT2D eigenvalue weighted by Gasteiger charge is 2.31. The van der Waals surface area contributed by atoms with E-state index in [9.17, 15) is 9.59 Å². The molecule has 3 aliphatic rings. The molecule has 0 radical (unpaired) electrons. The minimum absolute atomic E-state index is 0.0270. The smallest absolute Gasteiger partial charge is 0.253 e. The summed E-state index contributed by atoms with van der Waals surface area (Å²) < 4.78 is 0. The van der Waals surface area contributed by atoms with E-state index in [0.717, 1.165) is 35.1 Å². The highest BCUT2D eigenvalue weighted by atomic mass is 16.2. The molecular formula is C30H29NO2. The van der Waals surface area contributed by atoms with Crippen LogP contribution in [0.2, 0.25) is 0 Å². The summed E-state index contributed by atoms with van der Waals surface area (Å²) in [5.74, 6) is 0.700. The monoisotopic (exact) mass is 435 g/mol.